The minimum Gasteiger partial charge on any atom is -0.356 e. The van der Waals surface area contributed by atoms with Gasteiger partial charge in [0.1, 0.15) is 6.54 Å². The summed E-state index contributed by atoms with van der Waals surface area (Å²) in [6, 6.07) is 12.3. The minimum atomic E-state index is -0.0314. The first kappa shape index (κ1) is 24.9. The number of nitrogens with one attached hydrogen (secondary N) is 2. The van der Waals surface area contributed by atoms with Crippen LogP contribution in [-0.2, 0) is 11.3 Å². The van der Waals surface area contributed by atoms with Crippen LogP contribution in [0.15, 0.2) is 41.4 Å². The van der Waals surface area contributed by atoms with Crippen molar-refractivity contribution in [2.24, 2.45) is 4.99 Å². The number of amides is 1. The predicted octanol–water partition coefficient (Wildman–Crippen LogP) is 2.89. The SMILES string of the molecule is Cc1cc(C)n(CCCNC(=NCC(=O)N(C)C)NC(C)c2ccccc2)n1.I. The molecule has 1 heterocycles. The number of guanidine groups is 1. The molecular weight excluding hydrogens is 479 g/mol. The third-order valence-corrected chi connectivity index (χ3v) is 4.47. The number of likely N-dealkylation sites (N-methyl/N-ethyl adjacent to an activating group) is 1. The maximum Gasteiger partial charge on any atom is 0.243 e. The maximum atomic E-state index is 11.9. The Bertz CT molecular complexity index is 788. The number of rotatable bonds is 8. The first-order valence-corrected chi connectivity index (χ1v) is 9.68. The number of halogens is 1. The number of aliphatic imine (C=N–C) groups is 1. The molecule has 0 aliphatic rings. The van der Waals surface area contributed by atoms with E-state index in [-0.39, 0.29) is 42.5 Å². The first-order chi connectivity index (χ1) is 13.4. The van der Waals surface area contributed by atoms with E-state index in [2.05, 4.69) is 52.8 Å². The lowest BCUT2D eigenvalue weighted by molar-refractivity contribution is -0.127. The number of benzene rings is 1. The Balaban J connectivity index is 0.00000420. The molecule has 2 N–H and O–H groups in total. The lowest BCUT2D eigenvalue weighted by Gasteiger charge is -2.19. The Hall–Kier alpha value is -2.10. The van der Waals surface area contributed by atoms with E-state index in [1.54, 1.807) is 19.0 Å². The van der Waals surface area contributed by atoms with E-state index >= 15 is 0 Å². The summed E-state index contributed by atoms with van der Waals surface area (Å²) >= 11 is 0. The average molecular weight is 512 g/mol. The fourth-order valence-electron chi connectivity index (χ4n) is 2.81. The highest BCUT2D eigenvalue weighted by atomic mass is 127. The smallest absolute Gasteiger partial charge is 0.243 e. The zero-order valence-electron chi connectivity index (χ0n) is 18.0. The Morgan fingerprint density at radius 3 is 2.52 bits per heavy atom. The molecular formula is C21H33IN6O. The molecule has 1 aromatic heterocycles. The van der Waals surface area contributed by atoms with E-state index in [4.69, 9.17) is 0 Å². The summed E-state index contributed by atoms with van der Waals surface area (Å²) in [5.74, 6) is 0.607. The van der Waals surface area contributed by atoms with Crippen LogP contribution in [0.4, 0.5) is 0 Å². The zero-order valence-corrected chi connectivity index (χ0v) is 20.3. The van der Waals surface area contributed by atoms with Gasteiger partial charge in [0.15, 0.2) is 5.96 Å². The highest BCUT2D eigenvalue weighted by molar-refractivity contribution is 14.0. The van der Waals surface area contributed by atoms with E-state index in [1.807, 2.05) is 29.8 Å². The number of carbonyl (C=O) groups excluding carboxylic acids is 1. The van der Waals surface area contributed by atoms with Crippen LogP contribution in [0.2, 0.25) is 0 Å². The second-order valence-corrected chi connectivity index (χ2v) is 7.16. The van der Waals surface area contributed by atoms with Crippen LogP contribution in [0.1, 0.15) is 36.3 Å². The molecule has 2 rings (SSSR count). The third-order valence-electron chi connectivity index (χ3n) is 4.47. The molecule has 0 spiro atoms. The highest BCUT2D eigenvalue weighted by Gasteiger charge is 2.09. The van der Waals surface area contributed by atoms with Gasteiger partial charge in [-0.1, -0.05) is 30.3 Å². The Kier molecular flexibility index (Phi) is 10.7. The van der Waals surface area contributed by atoms with Gasteiger partial charge in [0.25, 0.3) is 0 Å². The summed E-state index contributed by atoms with van der Waals surface area (Å²) < 4.78 is 2.02. The number of aryl methyl sites for hydroxylation is 3. The van der Waals surface area contributed by atoms with Crippen molar-refractivity contribution in [3.63, 3.8) is 0 Å². The largest absolute Gasteiger partial charge is 0.356 e. The summed E-state index contributed by atoms with van der Waals surface area (Å²) in [5.41, 5.74) is 3.37. The maximum absolute atomic E-state index is 11.9. The molecule has 1 unspecified atom stereocenters. The highest BCUT2D eigenvalue weighted by Crippen LogP contribution is 2.10. The fourth-order valence-corrected chi connectivity index (χ4v) is 2.81. The molecule has 1 amide bonds. The van der Waals surface area contributed by atoms with Gasteiger partial charge in [0.05, 0.1) is 11.7 Å². The molecule has 29 heavy (non-hydrogen) atoms. The Morgan fingerprint density at radius 1 is 1.24 bits per heavy atom. The van der Waals surface area contributed by atoms with E-state index in [9.17, 15) is 4.79 Å². The van der Waals surface area contributed by atoms with Crippen LogP contribution in [0.5, 0.6) is 0 Å². The molecule has 2 aromatic rings. The van der Waals surface area contributed by atoms with Crippen molar-refractivity contribution < 1.29 is 4.79 Å². The van der Waals surface area contributed by atoms with Crippen molar-refractivity contribution in [1.82, 2.24) is 25.3 Å². The second kappa shape index (κ2) is 12.5. The minimum absolute atomic E-state index is 0. The van der Waals surface area contributed by atoms with Gasteiger partial charge in [-0.2, -0.15) is 5.10 Å². The lowest BCUT2D eigenvalue weighted by atomic mass is 10.1. The summed E-state index contributed by atoms with van der Waals surface area (Å²) in [6.45, 7) is 7.84. The van der Waals surface area contributed by atoms with Crippen LogP contribution in [-0.4, -0.2) is 53.7 Å². The number of aromatic nitrogens is 2. The molecule has 0 saturated heterocycles. The molecule has 0 saturated carbocycles. The van der Waals surface area contributed by atoms with Crippen molar-refractivity contribution >= 4 is 35.8 Å². The predicted molar refractivity (Wildman–Crippen MR) is 129 cm³/mol. The molecule has 0 radical (unpaired) electrons. The molecule has 0 aliphatic carbocycles. The third kappa shape index (κ3) is 8.43. The average Bonchev–Trinajstić information content (AvgIpc) is 3.00. The Labute approximate surface area is 191 Å². The fraction of sp³-hybridized carbons (Fsp3) is 0.476. The first-order valence-electron chi connectivity index (χ1n) is 9.68. The van der Waals surface area contributed by atoms with Gasteiger partial charge in [-0.15, -0.1) is 24.0 Å². The van der Waals surface area contributed by atoms with Gasteiger partial charge < -0.3 is 15.5 Å². The molecule has 0 bridgehead atoms. The topological polar surface area (TPSA) is 74.6 Å². The van der Waals surface area contributed by atoms with Gasteiger partial charge >= 0.3 is 0 Å². The van der Waals surface area contributed by atoms with Crippen molar-refractivity contribution in [1.29, 1.82) is 0 Å². The summed E-state index contributed by atoms with van der Waals surface area (Å²) in [7, 11) is 3.47. The van der Waals surface area contributed by atoms with Crippen molar-refractivity contribution in [3.8, 4) is 0 Å². The standard InChI is InChI=1S/C21H32N6O.HI/c1-16-14-17(2)27(25-16)13-9-12-22-21(23-15-20(28)26(4)5)24-18(3)19-10-7-6-8-11-19;/h6-8,10-11,14,18H,9,12-13,15H2,1-5H3,(H2,22,23,24);1H. The van der Waals surface area contributed by atoms with E-state index in [1.165, 1.54) is 11.3 Å². The molecule has 8 heteroatoms. The number of carbonyl (C=O) groups is 1. The normalized spacial score (nSPS) is 12.1. The van der Waals surface area contributed by atoms with Crippen LogP contribution < -0.4 is 10.6 Å². The van der Waals surface area contributed by atoms with E-state index < -0.39 is 0 Å². The van der Waals surface area contributed by atoms with Gasteiger partial charge in [-0.05, 0) is 38.8 Å². The quantitative estimate of drug-likeness (QED) is 0.247. The summed E-state index contributed by atoms with van der Waals surface area (Å²) in [4.78, 5) is 17.9. The second-order valence-electron chi connectivity index (χ2n) is 7.16. The van der Waals surface area contributed by atoms with E-state index in [0.717, 1.165) is 25.2 Å². The molecule has 160 valence electrons. The lowest BCUT2D eigenvalue weighted by Crippen LogP contribution is -2.40. The molecule has 7 nitrogen and oxygen atoms in total. The van der Waals surface area contributed by atoms with Gasteiger partial charge in [0, 0.05) is 32.9 Å². The molecule has 1 aromatic carbocycles. The van der Waals surface area contributed by atoms with Crippen molar-refractivity contribution in [2.75, 3.05) is 27.2 Å². The molecule has 0 aliphatic heterocycles. The monoisotopic (exact) mass is 512 g/mol. The number of hydrogen-bond donors (Lipinski definition) is 2. The van der Waals surface area contributed by atoms with E-state index in [0.29, 0.717) is 5.96 Å². The van der Waals surface area contributed by atoms with Gasteiger partial charge in [0.2, 0.25) is 5.91 Å². The number of hydrogen-bond acceptors (Lipinski definition) is 3. The Morgan fingerprint density at radius 2 is 1.93 bits per heavy atom. The van der Waals surface area contributed by atoms with Crippen molar-refractivity contribution in [2.45, 2.75) is 39.8 Å². The summed E-state index contributed by atoms with van der Waals surface area (Å²) in [6.07, 6.45) is 0.907. The van der Waals surface area contributed by atoms with Crippen LogP contribution >= 0.6 is 24.0 Å². The van der Waals surface area contributed by atoms with Crippen LogP contribution in [0, 0.1) is 13.8 Å². The van der Waals surface area contributed by atoms with Gasteiger partial charge in [-0.25, -0.2) is 4.99 Å². The van der Waals surface area contributed by atoms with Crippen LogP contribution in [0.3, 0.4) is 0 Å². The molecule has 0 fully saturated rings. The zero-order chi connectivity index (χ0) is 20.5. The molecule has 1 atom stereocenters. The van der Waals surface area contributed by atoms with Gasteiger partial charge in [-0.3, -0.25) is 9.48 Å². The summed E-state index contributed by atoms with van der Waals surface area (Å²) in [5, 5.41) is 11.2. The van der Waals surface area contributed by atoms with Crippen LogP contribution in [0.25, 0.3) is 0 Å². The number of nitrogens with zero attached hydrogens (tertiary/aromatic N) is 4. The van der Waals surface area contributed by atoms with Crippen molar-refractivity contribution in [3.05, 3.63) is 53.3 Å².